The summed E-state index contributed by atoms with van der Waals surface area (Å²) in [6.45, 7) is 0. The summed E-state index contributed by atoms with van der Waals surface area (Å²) in [5.41, 5.74) is 12.6. The van der Waals surface area contributed by atoms with E-state index in [4.69, 9.17) is 14.4 Å². The van der Waals surface area contributed by atoms with Crippen molar-refractivity contribution in [3.63, 3.8) is 0 Å². The van der Waals surface area contributed by atoms with E-state index in [0.717, 1.165) is 83.4 Å². The summed E-state index contributed by atoms with van der Waals surface area (Å²) in [4.78, 5) is 12.6. The van der Waals surface area contributed by atoms with Gasteiger partial charge in [-0.1, -0.05) is 164 Å². The van der Waals surface area contributed by atoms with Crippen LogP contribution < -0.4 is 10.2 Å². The molecule has 11 rings (SSSR count). The molecule has 0 fully saturated rings. The Morgan fingerprint density at radius 1 is 0.417 bits per heavy atom. The number of furan rings is 1. The lowest BCUT2D eigenvalue weighted by Crippen LogP contribution is -2.33. The van der Waals surface area contributed by atoms with Crippen LogP contribution in [-0.4, -0.2) is 11.7 Å². The smallest absolute Gasteiger partial charge is 0.159 e. The Morgan fingerprint density at radius 3 is 1.60 bits per heavy atom. The fraction of sp³-hybridized carbons (Fsp3) is 0.0182. The second kappa shape index (κ2) is 15.1. The number of para-hydroxylation sites is 1. The van der Waals surface area contributed by atoms with E-state index >= 15 is 0 Å². The van der Waals surface area contributed by atoms with Crippen LogP contribution in [0.3, 0.4) is 0 Å². The molecular weight excluding hydrogens is 733 g/mol. The maximum Gasteiger partial charge on any atom is 0.159 e. The molecule has 5 heteroatoms. The van der Waals surface area contributed by atoms with Crippen LogP contribution in [0.5, 0.6) is 0 Å². The van der Waals surface area contributed by atoms with E-state index in [0.29, 0.717) is 5.84 Å². The molecule has 0 aliphatic carbocycles. The predicted octanol–water partition coefficient (Wildman–Crippen LogP) is 14.0. The number of anilines is 3. The highest BCUT2D eigenvalue weighted by atomic mass is 16.3. The van der Waals surface area contributed by atoms with Crippen molar-refractivity contribution in [2.45, 2.75) is 6.17 Å². The minimum Gasteiger partial charge on any atom is -0.455 e. The highest BCUT2D eigenvalue weighted by Gasteiger charge is 2.24. The molecule has 0 spiro atoms. The van der Waals surface area contributed by atoms with Crippen LogP contribution >= 0.6 is 0 Å². The van der Waals surface area contributed by atoms with Crippen LogP contribution in [0.25, 0.3) is 55.0 Å². The van der Waals surface area contributed by atoms with Gasteiger partial charge in [0, 0.05) is 44.3 Å². The van der Waals surface area contributed by atoms with Gasteiger partial charge in [0.05, 0.1) is 0 Å². The van der Waals surface area contributed by atoms with Crippen molar-refractivity contribution in [1.29, 1.82) is 0 Å². The molecule has 0 radical (unpaired) electrons. The van der Waals surface area contributed by atoms with Crippen molar-refractivity contribution in [3.05, 3.63) is 235 Å². The number of aliphatic imine (C=N–C) groups is 2. The van der Waals surface area contributed by atoms with E-state index in [1.165, 1.54) is 11.1 Å². The summed E-state index contributed by atoms with van der Waals surface area (Å²) >= 11 is 0. The van der Waals surface area contributed by atoms with Crippen molar-refractivity contribution in [3.8, 4) is 22.3 Å². The first-order valence-electron chi connectivity index (χ1n) is 20.3. The van der Waals surface area contributed by atoms with Crippen molar-refractivity contribution in [1.82, 2.24) is 5.32 Å². The van der Waals surface area contributed by atoms with Crippen LogP contribution in [0.15, 0.2) is 233 Å². The van der Waals surface area contributed by atoms with E-state index in [1.807, 2.05) is 36.4 Å². The van der Waals surface area contributed by atoms with E-state index < -0.39 is 0 Å². The molecular formula is C55H38N4O. The van der Waals surface area contributed by atoms with Gasteiger partial charge in [-0.3, -0.25) is 0 Å². The van der Waals surface area contributed by atoms with Gasteiger partial charge in [0.25, 0.3) is 0 Å². The zero-order valence-electron chi connectivity index (χ0n) is 32.6. The molecule has 5 nitrogen and oxygen atoms in total. The van der Waals surface area contributed by atoms with Gasteiger partial charge in [-0.15, -0.1) is 0 Å². The van der Waals surface area contributed by atoms with Crippen molar-refractivity contribution >= 4 is 61.4 Å². The SMILES string of the molecule is c1ccc(C2=NC(c3ccccc3)NC(c3cc4c5cc(-c6ccc(N(c7ccccc7)c7ccc(-c8ccccc8)cc7)cc6)ccc5oc4c4ccccc34)=N2)cc1. The van der Waals surface area contributed by atoms with Crippen molar-refractivity contribution < 1.29 is 4.42 Å². The van der Waals surface area contributed by atoms with Crippen molar-refractivity contribution in [2.24, 2.45) is 9.98 Å². The minimum absolute atomic E-state index is 0.300. The molecule has 1 aromatic heterocycles. The summed E-state index contributed by atoms with van der Waals surface area (Å²) in [7, 11) is 0. The van der Waals surface area contributed by atoms with Gasteiger partial charge in [-0.05, 0) is 87.8 Å². The number of benzene rings is 9. The number of hydrogen-bond donors (Lipinski definition) is 1. The van der Waals surface area contributed by atoms with E-state index in [-0.39, 0.29) is 6.17 Å². The summed E-state index contributed by atoms with van der Waals surface area (Å²) in [6.07, 6.45) is -0.300. The van der Waals surface area contributed by atoms with E-state index in [2.05, 4.69) is 192 Å². The van der Waals surface area contributed by atoms with E-state index in [9.17, 15) is 0 Å². The minimum atomic E-state index is -0.300. The fourth-order valence-corrected chi connectivity index (χ4v) is 8.34. The molecule has 2 heterocycles. The first-order chi connectivity index (χ1) is 29.7. The van der Waals surface area contributed by atoms with Crippen LogP contribution in [0.2, 0.25) is 0 Å². The highest BCUT2D eigenvalue weighted by molar-refractivity contribution is 6.24. The topological polar surface area (TPSA) is 53.1 Å². The molecule has 60 heavy (non-hydrogen) atoms. The van der Waals surface area contributed by atoms with E-state index in [1.54, 1.807) is 0 Å². The molecule has 0 saturated carbocycles. The summed E-state index contributed by atoms with van der Waals surface area (Å²) in [6, 6.07) is 76.4. The molecule has 1 unspecified atom stereocenters. The third kappa shape index (κ3) is 6.48. The largest absolute Gasteiger partial charge is 0.455 e. The van der Waals surface area contributed by atoms with Gasteiger partial charge < -0.3 is 14.6 Å². The monoisotopic (exact) mass is 770 g/mol. The zero-order chi connectivity index (χ0) is 39.8. The Labute approximate surface area is 348 Å². The van der Waals surface area contributed by atoms with Gasteiger partial charge >= 0.3 is 0 Å². The van der Waals surface area contributed by atoms with Crippen LogP contribution in [-0.2, 0) is 0 Å². The summed E-state index contributed by atoms with van der Waals surface area (Å²) in [5.74, 6) is 1.47. The quantitative estimate of drug-likeness (QED) is 0.167. The lowest BCUT2D eigenvalue weighted by Gasteiger charge is -2.26. The Morgan fingerprint density at radius 2 is 0.933 bits per heavy atom. The Bertz CT molecular complexity index is 3190. The van der Waals surface area contributed by atoms with Gasteiger partial charge in [0.1, 0.15) is 23.2 Å². The normalized spacial score (nSPS) is 13.8. The Hall–Kier alpha value is -8.02. The molecule has 1 aliphatic heterocycles. The number of fused-ring (bicyclic) bond motifs is 5. The average molecular weight is 771 g/mol. The second-order valence-corrected chi connectivity index (χ2v) is 15.0. The van der Waals surface area contributed by atoms with Gasteiger partial charge in [0.15, 0.2) is 5.84 Å². The first kappa shape index (κ1) is 35.2. The number of nitrogens with zero attached hydrogens (tertiary/aromatic N) is 3. The van der Waals surface area contributed by atoms with Gasteiger partial charge in [0.2, 0.25) is 0 Å². The summed E-state index contributed by atoms with van der Waals surface area (Å²) < 4.78 is 6.67. The van der Waals surface area contributed by atoms with Crippen molar-refractivity contribution in [2.75, 3.05) is 4.90 Å². The molecule has 10 aromatic rings. The molecule has 1 atom stereocenters. The Balaban J connectivity index is 0.988. The molecule has 1 aliphatic rings. The average Bonchev–Trinajstić information content (AvgIpc) is 3.71. The third-order valence-corrected chi connectivity index (χ3v) is 11.3. The fourth-order valence-electron chi connectivity index (χ4n) is 8.34. The molecule has 0 saturated heterocycles. The van der Waals surface area contributed by atoms with Crippen LogP contribution in [0.4, 0.5) is 17.1 Å². The predicted molar refractivity (Wildman–Crippen MR) is 249 cm³/mol. The Kier molecular flexibility index (Phi) is 8.82. The number of amidine groups is 2. The van der Waals surface area contributed by atoms with Crippen LogP contribution in [0, 0.1) is 0 Å². The molecule has 0 bridgehead atoms. The number of rotatable bonds is 8. The highest BCUT2D eigenvalue weighted by Crippen LogP contribution is 2.40. The van der Waals surface area contributed by atoms with Gasteiger partial charge in [-0.25, -0.2) is 9.98 Å². The second-order valence-electron chi connectivity index (χ2n) is 15.0. The summed E-state index contributed by atoms with van der Waals surface area (Å²) in [5, 5.41) is 7.88. The standard InChI is InChI=1S/C55H38N4O/c1-5-15-37(16-6-1)38-25-30-44(31-26-38)59(43-21-11-4-12-22-43)45-32-27-39(28-33-45)42-29-34-51-48(35-42)49-36-50(46-23-13-14-24-47(46)52(49)60-51)55-57-53(40-17-7-2-8-18-40)56-54(58-55)41-19-9-3-10-20-41/h1-36,53H,(H,56,57,58). The number of nitrogens with one attached hydrogen (secondary N) is 1. The molecule has 0 amide bonds. The van der Waals surface area contributed by atoms with Crippen LogP contribution in [0.1, 0.15) is 22.9 Å². The molecule has 9 aromatic carbocycles. The number of hydrogen-bond acceptors (Lipinski definition) is 5. The lowest BCUT2D eigenvalue weighted by molar-refractivity contribution is 0.672. The molecule has 1 N–H and O–H groups in total. The third-order valence-electron chi connectivity index (χ3n) is 11.3. The molecule has 284 valence electrons. The van der Waals surface area contributed by atoms with Gasteiger partial charge in [-0.2, -0.15) is 0 Å². The maximum absolute atomic E-state index is 6.67. The lowest BCUT2D eigenvalue weighted by atomic mass is 9.97. The maximum atomic E-state index is 6.67. The first-order valence-corrected chi connectivity index (χ1v) is 20.3. The zero-order valence-corrected chi connectivity index (χ0v) is 32.6.